The molecule has 0 bridgehead atoms. The fraction of sp³-hybridized carbons (Fsp3) is 0.400. The lowest BCUT2D eigenvalue weighted by atomic mass is 10.1. The number of aliphatic hydroxyl groups is 1. The van der Waals surface area contributed by atoms with Crippen molar-refractivity contribution in [2.75, 3.05) is 0 Å². The number of aromatic nitrogens is 2. The summed E-state index contributed by atoms with van der Waals surface area (Å²) in [5.74, 6) is -1.63. The average molecular weight is 401 g/mol. The Bertz CT molecular complexity index is 979. The van der Waals surface area contributed by atoms with E-state index in [0.717, 1.165) is 12.3 Å². The molecule has 3 heterocycles. The summed E-state index contributed by atoms with van der Waals surface area (Å²) in [5.41, 5.74) is -3.17. The minimum absolute atomic E-state index is 0.0796. The van der Waals surface area contributed by atoms with E-state index in [1.165, 1.54) is 24.6 Å². The number of rotatable bonds is 4. The fourth-order valence-electron chi connectivity index (χ4n) is 2.82. The summed E-state index contributed by atoms with van der Waals surface area (Å²) in [4.78, 5) is 22.8. The first-order valence-corrected chi connectivity index (χ1v) is 7.89. The second-order valence-corrected chi connectivity index (χ2v) is 6.13. The van der Waals surface area contributed by atoms with E-state index in [9.17, 15) is 33.2 Å². The van der Waals surface area contributed by atoms with Gasteiger partial charge in [-0.15, -0.1) is 0 Å². The fourth-order valence-corrected chi connectivity index (χ4v) is 2.82. The van der Waals surface area contributed by atoms with Gasteiger partial charge >= 0.3 is 17.8 Å². The quantitative estimate of drug-likeness (QED) is 0.618. The molecule has 0 spiro atoms. The summed E-state index contributed by atoms with van der Waals surface area (Å²) in [6, 6.07) is 2.45. The third-order valence-corrected chi connectivity index (χ3v) is 4.27. The Labute approximate surface area is 155 Å². The molecule has 2 aromatic rings. The maximum atomic E-state index is 13.1. The van der Waals surface area contributed by atoms with Gasteiger partial charge in [0, 0.05) is 12.6 Å². The number of nitrogens with zero attached hydrogens (tertiary/aromatic N) is 5. The summed E-state index contributed by atoms with van der Waals surface area (Å²) in [5, 5.41) is 28.1. The zero-order chi connectivity index (χ0) is 20.9. The lowest BCUT2D eigenvalue weighted by Crippen LogP contribution is -2.56. The zero-order valence-corrected chi connectivity index (χ0v) is 14.6. The number of nitro groups is 1. The highest BCUT2D eigenvalue weighted by Crippen LogP contribution is 2.39. The highest BCUT2D eigenvalue weighted by molar-refractivity contribution is 5.93. The molecule has 0 saturated heterocycles. The molecule has 1 amide bonds. The second kappa shape index (κ2) is 6.44. The maximum absolute atomic E-state index is 13.1. The normalized spacial score (nSPS) is 19.4. The Kier molecular flexibility index (Phi) is 4.49. The number of carbonyl (C=O) groups is 1. The number of furan rings is 1. The van der Waals surface area contributed by atoms with Gasteiger partial charge in [0.25, 0.3) is 5.72 Å². The van der Waals surface area contributed by atoms with E-state index >= 15 is 0 Å². The van der Waals surface area contributed by atoms with Gasteiger partial charge in [-0.2, -0.15) is 28.4 Å². The molecule has 1 atom stereocenters. The molecule has 28 heavy (non-hydrogen) atoms. The predicted octanol–water partition coefficient (Wildman–Crippen LogP) is 2.13. The first-order valence-electron chi connectivity index (χ1n) is 7.89. The average Bonchev–Trinajstić information content (AvgIpc) is 3.26. The number of halogens is 3. The van der Waals surface area contributed by atoms with E-state index in [1.54, 1.807) is 0 Å². The molecule has 0 aromatic carbocycles. The van der Waals surface area contributed by atoms with Crippen molar-refractivity contribution in [1.29, 1.82) is 0 Å². The van der Waals surface area contributed by atoms with Gasteiger partial charge in [0.2, 0.25) is 0 Å². The first kappa shape index (κ1) is 19.5. The molecule has 1 N–H and O–H groups in total. The van der Waals surface area contributed by atoms with Crippen molar-refractivity contribution < 1.29 is 32.4 Å². The maximum Gasteiger partial charge on any atom is 0.438 e. The number of hydrazone groups is 1. The molecular formula is C15H14F3N5O5. The summed E-state index contributed by atoms with van der Waals surface area (Å²) in [6.07, 6.45) is -5.23. The lowest BCUT2D eigenvalue weighted by Gasteiger charge is -2.31. The third-order valence-electron chi connectivity index (χ3n) is 4.27. The minimum atomic E-state index is -5.11. The van der Waals surface area contributed by atoms with Crippen LogP contribution in [0.2, 0.25) is 0 Å². The number of carbonyl (C=O) groups excluding carboxylic acids is 1. The van der Waals surface area contributed by atoms with Gasteiger partial charge in [-0.25, -0.2) is 0 Å². The molecule has 1 aliphatic rings. The van der Waals surface area contributed by atoms with E-state index in [0.29, 0.717) is 0 Å². The second-order valence-electron chi connectivity index (χ2n) is 6.13. The Morgan fingerprint density at radius 1 is 1.43 bits per heavy atom. The lowest BCUT2D eigenvalue weighted by molar-refractivity contribution is -0.386. The van der Waals surface area contributed by atoms with Crippen LogP contribution in [0.4, 0.5) is 18.9 Å². The highest BCUT2D eigenvalue weighted by Gasteiger charge is 2.61. The van der Waals surface area contributed by atoms with Crippen LogP contribution < -0.4 is 0 Å². The van der Waals surface area contributed by atoms with E-state index in [2.05, 4.69) is 10.2 Å². The monoisotopic (exact) mass is 401 g/mol. The van der Waals surface area contributed by atoms with Crippen molar-refractivity contribution in [3.63, 3.8) is 0 Å². The Morgan fingerprint density at radius 3 is 2.68 bits per heavy atom. The van der Waals surface area contributed by atoms with Crippen molar-refractivity contribution in [3.8, 4) is 0 Å². The molecule has 0 saturated carbocycles. The molecule has 0 unspecified atom stereocenters. The van der Waals surface area contributed by atoms with Crippen molar-refractivity contribution in [2.45, 2.75) is 38.7 Å². The summed E-state index contributed by atoms with van der Waals surface area (Å²) >= 11 is 0. The molecule has 0 fully saturated rings. The van der Waals surface area contributed by atoms with Crippen LogP contribution in [-0.4, -0.2) is 48.8 Å². The van der Waals surface area contributed by atoms with Crippen LogP contribution in [0.3, 0.4) is 0 Å². The van der Waals surface area contributed by atoms with Gasteiger partial charge < -0.3 is 9.52 Å². The SMILES string of the molecule is Cc1nn(Cc2ccc(C(=O)N3N=CC[C@]3(O)C(F)(F)F)o2)c(C)c1[N+](=O)[O-]. The molecule has 150 valence electrons. The molecule has 13 heteroatoms. The van der Waals surface area contributed by atoms with Crippen LogP contribution in [0.1, 0.15) is 34.1 Å². The van der Waals surface area contributed by atoms with E-state index < -0.39 is 34.9 Å². The van der Waals surface area contributed by atoms with Crippen molar-refractivity contribution in [3.05, 3.63) is 45.2 Å². The molecule has 10 nitrogen and oxygen atoms in total. The molecule has 0 radical (unpaired) electrons. The van der Waals surface area contributed by atoms with Crippen molar-refractivity contribution in [2.24, 2.45) is 5.10 Å². The Morgan fingerprint density at radius 2 is 2.11 bits per heavy atom. The molecule has 0 aliphatic carbocycles. The van der Waals surface area contributed by atoms with Crippen LogP contribution in [0, 0.1) is 24.0 Å². The van der Waals surface area contributed by atoms with Gasteiger partial charge in [0.1, 0.15) is 17.1 Å². The topological polar surface area (TPSA) is 127 Å². The van der Waals surface area contributed by atoms with E-state index in [-0.39, 0.29) is 34.4 Å². The number of alkyl halides is 3. The predicted molar refractivity (Wildman–Crippen MR) is 86.4 cm³/mol. The molecule has 3 rings (SSSR count). The first-order chi connectivity index (χ1) is 13.0. The van der Waals surface area contributed by atoms with Gasteiger partial charge in [-0.3, -0.25) is 19.6 Å². The summed E-state index contributed by atoms with van der Waals surface area (Å²) in [7, 11) is 0. The van der Waals surface area contributed by atoms with E-state index in [1.807, 2.05) is 0 Å². The molecular weight excluding hydrogens is 387 g/mol. The van der Waals surface area contributed by atoms with Crippen LogP contribution in [0.5, 0.6) is 0 Å². The third kappa shape index (κ3) is 3.02. The van der Waals surface area contributed by atoms with Gasteiger partial charge in [-0.05, 0) is 26.0 Å². The van der Waals surface area contributed by atoms with Crippen LogP contribution in [0.25, 0.3) is 0 Å². The van der Waals surface area contributed by atoms with Crippen LogP contribution >= 0.6 is 0 Å². The van der Waals surface area contributed by atoms with Gasteiger partial charge in [0.05, 0.1) is 11.5 Å². The molecule has 2 aromatic heterocycles. The number of amides is 1. The summed E-state index contributed by atoms with van der Waals surface area (Å²) in [6.45, 7) is 2.86. The zero-order valence-electron chi connectivity index (χ0n) is 14.6. The van der Waals surface area contributed by atoms with Gasteiger partial charge in [-0.1, -0.05) is 0 Å². The van der Waals surface area contributed by atoms with E-state index in [4.69, 9.17) is 4.42 Å². The van der Waals surface area contributed by atoms with Gasteiger partial charge in [0.15, 0.2) is 5.76 Å². The standard InChI is InChI=1S/C15H14F3N5O5/c1-8-12(23(26)27)9(2)21(20-8)7-10-3-4-11(28-10)13(24)22-14(25,5-6-19-22)15(16,17)18/h3-4,6,25H,5,7H2,1-2H3/t14-/m0/s1. The number of hydrogen-bond acceptors (Lipinski definition) is 7. The minimum Gasteiger partial charge on any atom is -0.454 e. The summed E-state index contributed by atoms with van der Waals surface area (Å²) < 4.78 is 45.8. The largest absolute Gasteiger partial charge is 0.454 e. The Balaban J connectivity index is 1.83. The van der Waals surface area contributed by atoms with Crippen molar-refractivity contribution >= 4 is 17.8 Å². The van der Waals surface area contributed by atoms with Crippen LogP contribution in [0.15, 0.2) is 21.7 Å². The smallest absolute Gasteiger partial charge is 0.438 e. The van der Waals surface area contributed by atoms with Crippen LogP contribution in [-0.2, 0) is 6.54 Å². The number of aryl methyl sites for hydroxylation is 1. The number of hydrogen-bond donors (Lipinski definition) is 1. The highest BCUT2D eigenvalue weighted by atomic mass is 19.4. The molecule has 1 aliphatic heterocycles. The Hall–Kier alpha value is -3.22. The van der Waals surface area contributed by atoms with Crippen molar-refractivity contribution in [1.82, 2.24) is 14.8 Å².